The van der Waals surface area contributed by atoms with Gasteiger partial charge in [-0.15, -0.1) is 10.2 Å². The molecule has 0 spiro atoms. The molecule has 1 aliphatic rings. The fourth-order valence-electron chi connectivity index (χ4n) is 3.26. The van der Waals surface area contributed by atoms with Crippen LogP contribution in [0.2, 0.25) is 0 Å². The van der Waals surface area contributed by atoms with Gasteiger partial charge in [0.05, 0.1) is 12.3 Å². The van der Waals surface area contributed by atoms with Gasteiger partial charge in [0, 0.05) is 43.9 Å². The maximum Gasteiger partial charge on any atom is 0.272 e. The monoisotopic (exact) mass is 363 g/mol. The van der Waals surface area contributed by atoms with Crippen molar-refractivity contribution in [3.05, 3.63) is 60.4 Å². The Balaban J connectivity index is 1.31. The molecule has 1 unspecified atom stereocenters. The number of carbonyl (C=O) groups excluding carboxylic acids is 1. The first kappa shape index (κ1) is 17.2. The highest BCUT2D eigenvalue weighted by molar-refractivity contribution is 5.92. The molecule has 0 aliphatic carbocycles. The molecule has 3 heterocycles. The first-order chi connectivity index (χ1) is 13.2. The second-order valence-corrected chi connectivity index (χ2v) is 6.68. The molecule has 2 aromatic heterocycles. The second kappa shape index (κ2) is 7.57. The fourth-order valence-corrected chi connectivity index (χ4v) is 3.26. The number of amides is 1. The van der Waals surface area contributed by atoms with Crippen LogP contribution in [0.4, 0.5) is 0 Å². The van der Waals surface area contributed by atoms with Crippen molar-refractivity contribution in [2.75, 3.05) is 19.7 Å². The van der Waals surface area contributed by atoms with Crippen LogP contribution in [0.1, 0.15) is 16.9 Å². The maximum absolute atomic E-state index is 12.5. The number of hydrogen-bond acceptors (Lipinski definition) is 5. The van der Waals surface area contributed by atoms with Gasteiger partial charge in [-0.2, -0.15) is 5.10 Å². The van der Waals surface area contributed by atoms with Gasteiger partial charge in [0.1, 0.15) is 5.69 Å². The summed E-state index contributed by atoms with van der Waals surface area (Å²) in [5.74, 6) is 0.813. The van der Waals surface area contributed by atoms with Crippen LogP contribution in [0.15, 0.2) is 54.7 Å². The number of ether oxygens (including phenoxy) is 1. The Morgan fingerprint density at radius 2 is 2.00 bits per heavy atom. The topological polar surface area (TPSA) is 73.1 Å². The van der Waals surface area contributed by atoms with E-state index in [2.05, 4.69) is 15.3 Å². The second-order valence-electron chi connectivity index (χ2n) is 6.68. The zero-order valence-electron chi connectivity index (χ0n) is 15.2. The lowest BCUT2D eigenvalue weighted by Gasteiger charge is -2.16. The third-order valence-corrected chi connectivity index (χ3v) is 4.79. The lowest BCUT2D eigenvalue weighted by Crippen LogP contribution is -2.31. The standard InChI is InChI=1S/C20H21N5O2/c1-24-18(9-11-21-24)20(26)25-12-10-15(13-25)14-27-19-8-7-17(22-23-19)16-5-3-2-4-6-16/h2-9,11,15H,10,12-14H2,1H3. The predicted octanol–water partition coefficient (Wildman–Crippen LogP) is 2.42. The van der Waals surface area contributed by atoms with E-state index >= 15 is 0 Å². The van der Waals surface area contributed by atoms with Gasteiger partial charge in [-0.3, -0.25) is 9.48 Å². The van der Waals surface area contributed by atoms with Crippen LogP contribution in [-0.4, -0.2) is 50.5 Å². The quantitative estimate of drug-likeness (QED) is 0.696. The lowest BCUT2D eigenvalue weighted by atomic mass is 10.1. The number of nitrogens with zero attached hydrogens (tertiary/aromatic N) is 5. The molecule has 138 valence electrons. The molecule has 1 fully saturated rings. The summed E-state index contributed by atoms with van der Waals surface area (Å²) < 4.78 is 7.40. The van der Waals surface area contributed by atoms with E-state index < -0.39 is 0 Å². The minimum atomic E-state index is 0.0181. The summed E-state index contributed by atoms with van der Waals surface area (Å²) in [6, 6.07) is 15.4. The van der Waals surface area contributed by atoms with E-state index in [1.807, 2.05) is 47.4 Å². The first-order valence-corrected chi connectivity index (χ1v) is 9.00. The maximum atomic E-state index is 12.5. The molecule has 1 saturated heterocycles. The van der Waals surface area contributed by atoms with E-state index in [9.17, 15) is 4.79 Å². The van der Waals surface area contributed by atoms with Crippen LogP contribution in [0.5, 0.6) is 5.88 Å². The molecule has 1 aliphatic heterocycles. The number of rotatable bonds is 5. The molecular weight excluding hydrogens is 342 g/mol. The van der Waals surface area contributed by atoms with Gasteiger partial charge in [0.25, 0.3) is 5.91 Å². The number of aromatic nitrogens is 4. The van der Waals surface area contributed by atoms with Gasteiger partial charge < -0.3 is 9.64 Å². The number of carbonyl (C=O) groups is 1. The zero-order chi connectivity index (χ0) is 18.6. The Bertz CT molecular complexity index is 908. The van der Waals surface area contributed by atoms with E-state index in [0.29, 0.717) is 24.7 Å². The van der Waals surface area contributed by atoms with Crippen molar-refractivity contribution < 1.29 is 9.53 Å². The van der Waals surface area contributed by atoms with Crippen molar-refractivity contribution in [3.63, 3.8) is 0 Å². The molecule has 1 atom stereocenters. The molecule has 7 heteroatoms. The van der Waals surface area contributed by atoms with Crippen LogP contribution >= 0.6 is 0 Å². The highest BCUT2D eigenvalue weighted by Crippen LogP contribution is 2.21. The van der Waals surface area contributed by atoms with E-state index in [1.165, 1.54) is 0 Å². The summed E-state index contributed by atoms with van der Waals surface area (Å²) in [4.78, 5) is 14.4. The molecule has 1 amide bonds. The molecule has 1 aromatic carbocycles. The molecular formula is C20H21N5O2. The van der Waals surface area contributed by atoms with Crippen molar-refractivity contribution in [1.82, 2.24) is 24.9 Å². The van der Waals surface area contributed by atoms with E-state index in [4.69, 9.17) is 4.74 Å². The molecule has 0 saturated carbocycles. The Morgan fingerprint density at radius 1 is 1.15 bits per heavy atom. The van der Waals surface area contributed by atoms with E-state index in [1.54, 1.807) is 24.0 Å². The number of benzene rings is 1. The first-order valence-electron chi connectivity index (χ1n) is 9.00. The van der Waals surface area contributed by atoms with E-state index in [0.717, 1.165) is 24.2 Å². The van der Waals surface area contributed by atoms with Crippen molar-refractivity contribution >= 4 is 5.91 Å². The molecule has 0 radical (unpaired) electrons. The van der Waals surface area contributed by atoms with Crippen LogP contribution in [0.3, 0.4) is 0 Å². The smallest absolute Gasteiger partial charge is 0.272 e. The zero-order valence-corrected chi connectivity index (χ0v) is 15.2. The minimum absolute atomic E-state index is 0.0181. The molecule has 0 N–H and O–H groups in total. The summed E-state index contributed by atoms with van der Waals surface area (Å²) in [6.07, 6.45) is 2.56. The van der Waals surface area contributed by atoms with Crippen molar-refractivity contribution in [3.8, 4) is 17.1 Å². The van der Waals surface area contributed by atoms with Gasteiger partial charge in [-0.05, 0) is 18.6 Å². The van der Waals surface area contributed by atoms with Crippen molar-refractivity contribution in [1.29, 1.82) is 0 Å². The molecule has 7 nitrogen and oxygen atoms in total. The van der Waals surface area contributed by atoms with Gasteiger partial charge >= 0.3 is 0 Å². The summed E-state index contributed by atoms with van der Waals surface area (Å²) in [5, 5.41) is 12.5. The van der Waals surface area contributed by atoms with Crippen LogP contribution in [-0.2, 0) is 7.05 Å². The van der Waals surface area contributed by atoms with Gasteiger partial charge in [0.15, 0.2) is 0 Å². The molecule has 4 rings (SSSR count). The number of likely N-dealkylation sites (tertiary alicyclic amines) is 1. The third kappa shape index (κ3) is 3.81. The summed E-state index contributed by atoms with van der Waals surface area (Å²) in [7, 11) is 1.78. The Hall–Kier alpha value is -3.22. The van der Waals surface area contributed by atoms with Crippen LogP contribution < -0.4 is 4.74 Å². The lowest BCUT2D eigenvalue weighted by molar-refractivity contribution is 0.0772. The van der Waals surface area contributed by atoms with Gasteiger partial charge in [-0.25, -0.2) is 0 Å². The fraction of sp³-hybridized carbons (Fsp3) is 0.300. The average Bonchev–Trinajstić information content (AvgIpc) is 3.36. The summed E-state index contributed by atoms with van der Waals surface area (Å²) in [5.41, 5.74) is 2.45. The average molecular weight is 363 g/mol. The minimum Gasteiger partial charge on any atom is -0.476 e. The molecule has 3 aromatic rings. The third-order valence-electron chi connectivity index (χ3n) is 4.79. The predicted molar refractivity (Wildman–Crippen MR) is 100 cm³/mol. The summed E-state index contributed by atoms with van der Waals surface area (Å²) in [6.45, 7) is 1.94. The SMILES string of the molecule is Cn1nccc1C(=O)N1CCC(COc2ccc(-c3ccccc3)nn2)C1. The highest BCUT2D eigenvalue weighted by atomic mass is 16.5. The van der Waals surface area contributed by atoms with Crippen molar-refractivity contribution in [2.45, 2.75) is 6.42 Å². The summed E-state index contributed by atoms with van der Waals surface area (Å²) >= 11 is 0. The number of hydrogen-bond donors (Lipinski definition) is 0. The van der Waals surface area contributed by atoms with Crippen LogP contribution in [0.25, 0.3) is 11.3 Å². The van der Waals surface area contributed by atoms with Crippen molar-refractivity contribution in [2.24, 2.45) is 13.0 Å². The van der Waals surface area contributed by atoms with Crippen LogP contribution in [0, 0.1) is 5.92 Å². The molecule has 0 bridgehead atoms. The normalized spacial score (nSPS) is 16.5. The Morgan fingerprint density at radius 3 is 2.70 bits per heavy atom. The number of aryl methyl sites for hydroxylation is 1. The van der Waals surface area contributed by atoms with Gasteiger partial charge in [-0.1, -0.05) is 30.3 Å². The van der Waals surface area contributed by atoms with Gasteiger partial charge in [0.2, 0.25) is 5.88 Å². The molecule has 27 heavy (non-hydrogen) atoms. The Labute approximate surface area is 157 Å². The largest absolute Gasteiger partial charge is 0.476 e. The highest BCUT2D eigenvalue weighted by Gasteiger charge is 2.28. The van der Waals surface area contributed by atoms with E-state index in [-0.39, 0.29) is 11.8 Å². The Kier molecular flexibility index (Phi) is 4.82.